The third kappa shape index (κ3) is 6.35. The minimum Gasteiger partial charge on any atom is -0.462 e. The number of ether oxygens (including phenoxy) is 3. The SMILES string of the molecule is CCOC(=O)c1ccc(NC(=O)C2CC(=O)N(Cc3ccc4c(c3)OCO4)C(=Nc3cccc(Cl)c3)S2)cc1. The van der Waals surface area contributed by atoms with Crippen molar-refractivity contribution in [2.75, 3.05) is 18.7 Å². The Bertz CT molecular complexity index is 1450. The molecule has 0 spiro atoms. The molecule has 0 bridgehead atoms. The van der Waals surface area contributed by atoms with Crippen molar-refractivity contribution >= 4 is 57.7 Å². The number of rotatable bonds is 7. The van der Waals surface area contributed by atoms with E-state index in [-0.39, 0.29) is 38.2 Å². The highest BCUT2D eigenvalue weighted by Crippen LogP contribution is 2.35. The van der Waals surface area contributed by atoms with Crippen molar-refractivity contribution in [3.8, 4) is 11.5 Å². The Balaban J connectivity index is 1.35. The molecule has 11 heteroatoms. The fourth-order valence-corrected chi connectivity index (χ4v) is 5.28. The molecule has 0 radical (unpaired) electrons. The number of carbonyl (C=O) groups is 3. The fourth-order valence-electron chi connectivity index (χ4n) is 4.00. The first-order valence-corrected chi connectivity index (χ1v) is 13.4. The van der Waals surface area contributed by atoms with Gasteiger partial charge in [-0.05, 0) is 67.1 Å². The zero-order chi connectivity index (χ0) is 27.4. The highest BCUT2D eigenvalue weighted by atomic mass is 35.5. The zero-order valence-electron chi connectivity index (χ0n) is 20.9. The van der Waals surface area contributed by atoms with Crippen LogP contribution < -0.4 is 14.8 Å². The molecule has 1 unspecified atom stereocenters. The van der Waals surface area contributed by atoms with E-state index in [2.05, 4.69) is 10.3 Å². The number of nitrogens with one attached hydrogen (secondary N) is 1. The van der Waals surface area contributed by atoms with E-state index in [0.29, 0.717) is 38.6 Å². The Kier molecular flexibility index (Phi) is 8.04. The van der Waals surface area contributed by atoms with Crippen molar-refractivity contribution in [1.29, 1.82) is 0 Å². The van der Waals surface area contributed by atoms with Gasteiger partial charge in [0.25, 0.3) is 0 Å². The smallest absolute Gasteiger partial charge is 0.338 e. The Morgan fingerprint density at radius 3 is 2.67 bits per heavy atom. The van der Waals surface area contributed by atoms with Crippen LogP contribution in [0.4, 0.5) is 11.4 Å². The highest BCUT2D eigenvalue weighted by molar-refractivity contribution is 8.15. The summed E-state index contributed by atoms with van der Waals surface area (Å²) in [6.07, 6.45) is -0.0173. The van der Waals surface area contributed by atoms with Gasteiger partial charge in [-0.2, -0.15) is 0 Å². The molecule has 39 heavy (non-hydrogen) atoms. The molecule has 5 rings (SSSR count). The molecule has 1 atom stereocenters. The number of nitrogens with zero attached hydrogens (tertiary/aromatic N) is 2. The van der Waals surface area contributed by atoms with Gasteiger partial charge in [-0.25, -0.2) is 9.79 Å². The van der Waals surface area contributed by atoms with Gasteiger partial charge in [0.2, 0.25) is 18.6 Å². The lowest BCUT2D eigenvalue weighted by Crippen LogP contribution is -2.44. The second-order valence-electron chi connectivity index (χ2n) is 8.64. The van der Waals surface area contributed by atoms with E-state index in [1.54, 1.807) is 66.4 Å². The van der Waals surface area contributed by atoms with Crippen molar-refractivity contribution in [2.24, 2.45) is 4.99 Å². The molecule has 1 saturated heterocycles. The van der Waals surface area contributed by atoms with Crippen LogP contribution in [0.25, 0.3) is 0 Å². The van der Waals surface area contributed by atoms with Crippen LogP contribution in [0.3, 0.4) is 0 Å². The Morgan fingerprint density at radius 1 is 1.10 bits per heavy atom. The number of esters is 1. The van der Waals surface area contributed by atoms with Gasteiger partial charge >= 0.3 is 5.97 Å². The lowest BCUT2D eigenvalue weighted by Gasteiger charge is -2.32. The van der Waals surface area contributed by atoms with Gasteiger partial charge < -0.3 is 19.5 Å². The molecule has 9 nitrogen and oxygen atoms in total. The first-order chi connectivity index (χ1) is 18.9. The number of hydrogen-bond acceptors (Lipinski definition) is 8. The molecule has 0 saturated carbocycles. The molecule has 2 heterocycles. The van der Waals surface area contributed by atoms with Crippen molar-refractivity contribution in [3.05, 3.63) is 82.9 Å². The first-order valence-electron chi connectivity index (χ1n) is 12.2. The van der Waals surface area contributed by atoms with Gasteiger partial charge in [0.15, 0.2) is 16.7 Å². The second kappa shape index (κ2) is 11.8. The molecule has 2 amide bonds. The van der Waals surface area contributed by atoms with Crippen molar-refractivity contribution in [2.45, 2.75) is 25.1 Å². The predicted octanol–water partition coefficient (Wildman–Crippen LogP) is 5.41. The summed E-state index contributed by atoms with van der Waals surface area (Å²) in [5.41, 5.74) is 2.27. The van der Waals surface area contributed by atoms with Crippen molar-refractivity contribution < 1.29 is 28.6 Å². The summed E-state index contributed by atoms with van der Waals surface area (Å²) >= 11 is 7.35. The third-order valence-corrected chi connectivity index (χ3v) is 7.33. The van der Waals surface area contributed by atoms with E-state index in [4.69, 9.17) is 25.8 Å². The number of fused-ring (bicyclic) bond motifs is 1. The number of aliphatic imine (C=N–C) groups is 1. The van der Waals surface area contributed by atoms with Crippen LogP contribution in [0.15, 0.2) is 71.7 Å². The molecule has 1 N–H and O–H groups in total. The molecule has 1 fully saturated rings. The molecule has 3 aromatic rings. The summed E-state index contributed by atoms with van der Waals surface area (Å²) in [5, 5.41) is 3.00. The first kappa shape index (κ1) is 26.6. The van der Waals surface area contributed by atoms with E-state index in [9.17, 15) is 14.4 Å². The fraction of sp³-hybridized carbons (Fsp3) is 0.214. The summed E-state index contributed by atoms with van der Waals surface area (Å²) in [6, 6.07) is 18.8. The van der Waals surface area contributed by atoms with Crippen molar-refractivity contribution in [1.82, 2.24) is 4.90 Å². The second-order valence-corrected chi connectivity index (χ2v) is 10.2. The van der Waals surface area contributed by atoms with Crippen LogP contribution in [0, 0.1) is 0 Å². The Labute approximate surface area is 234 Å². The average molecular weight is 566 g/mol. The van der Waals surface area contributed by atoms with E-state index in [0.717, 1.165) is 5.56 Å². The number of hydrogen-bond donors (Lipinski definition) is 1. The number of thioether (sulfide) groups is 1. The maximum Gasteiger partial charge on any atom is 0.338 e. The molecular formula is C28H24ClN3O6S. The van der Waals surface area contributed by atoms with Gasteiger partial charge in [0, 0.05) is 17.1 Å². The summed E-state index contributed by atoms with van der Waals surface area (Å²) < 4.78 is 15.8. The number of benzene rings is 3. The maximum absolute atomic E-state index is 13.4. The van der Waals surface area contributed by atoms with Crippen LogP contribution >= 0.6 is 23.4 Å². The van der Waals surface area contributed by atoms with E-state index in [1.165, 1.54) is 11.8 Å². The van der Waals surface area contributed by atoms with Crippen LogP contribution in [-0.4, -0.2) is 46.5 Å². The standard InChI is InChI=1S/C28H24ClN3O6S/c1-2-36-27(35)18-7-9-20(10-8-18)30-26(34)24-14-25(33)32(15-17-6-11-22-23(12-17)38-16-37-22)28(39-24)31-21-5-3-4-19(29)13-21/h3-13,24H,2,14-16H2,1H3,(H,30,34). The van der Waals surface area contributed by atoms with Gasteiger partial charge in [0.1, 0.15) is 5.25 Å². The molecule has 2 aliphatic rings. The quantitative estimate of drug-likeness (QED) is 0.382. The molecular weight excluding hydrogens is 542 g/mol. The third-order valence-electron chi connectivity index (χ3n) is 5.91. The Morgan fingerprint density at radius 2 is 1.90 bits per heavy atom. The lowest BCUT2D eigenvalue weighted by atomic mass is 10.1. The molecule has 2 aliphatic heterocycles. The van der Waals surface area contributed by atoms with E-state index >= 15 is 0 Å². The van der Waals surface area contributed by atoms with Gasteiger partial charge in [0.05, 0.1) is 24.4 Å². The number of carbonyl (C=O) groups excluding carboxylic acids is 3. The predicted molar refractivity (Wildman–Crippen MR) is 149 cm³/mol. The van der Waals surface area contributed by atoms with Gasteiger partial charge in [-0.1, -0.05) is 35.5 Å². The molecule has 0 aliphatic carbocycles. The molecule has 3 aromatic carbocycles. The van der Waals surface area contributed by atoms with E-state index in [1.807, 2.05) is 12.1 Å². The van der Waals surface area contributed by atoms with Gasteiger partial charge in [-0.15, -0.1) is 0 Å². The van der Waals surface area contributed by atoms with Crippen LogP contribution in [0.5, 0.6) is 11.5 Å². The maximum atomic E-state index is 13.4. The number of anilines is 1. The minimum atomic E-state index is -0.715. The topological polar surface area (TPSA) is 107 Å². The summed E-state index contributed by atoms with van der Waals surface area (Å²) in [7, 11) is 0. The largest absolute Gasteiger partial charge is 0.462 e. The summed E-state index contributed by atoms with van der Waals surface area (Å²) in [6.45, 7) is 2.40. The average Bonchev–Trinajstić information content (AvgIpc) is 3.39. The summed E-state index contributed by atoms with van der Waals surface area (Å²) in [4.78, 5) is 44.7. The normalized spacial score (nSPS) is 17.3. The lowest BCUT2D eigenvalue weighted by molar-refractivity contribution is -0.129. The van der Waals surface area contributed by atoms with E-state index < -0.39 is 11.2 Å². The summed E-state index contributed by atoms with van der Waals surface area (Å²) in [5.74, 6) is 0.235. The minimum absolute atomic E-state index is 0.0173. The number of halogens is 1. The number of amides is 2. The van der Waals surface area contributed by atoms with Crippen LogP contribution in [0.1, 0.15) is 29.3 Å². The van der Waals surface area contributed by atoms with Crippen molar-refractivity contribution in [3.63, 3.8) is 0 Å². The Hall–Kier alpha value is -4.02. The monoisotopic (exact) mass is 565 g/mol. The van der Waals surface area contributed by atoms with Crippen LogP contribution in [-0.2, 0) is 20.9 Å². The van der Waals surface area contributed by atoms with Crippen LogP contribution in [0.2, 0.25) is 5.02 Å². The highest BCUT2D eigenvalue weighted by Gasteiger charge is 2.36. The zero-order valence-corrected chi connectivity index (χ0v) is 22.5. The molecule has 200 valence electrons. The number of amidine groups is 1. The van der Waals surface area contributed by atoms with Gasteiger partial charge in [-0.3, -0.25) is 14.5 Å². The molecule has 0 aromatic heterocycles.